The van der Waals surface area contributed by atoms with Gasteiger partial charge in [0.15, 0.2) is 4.34 Å². The molecule has 0 unspecified atom stereocenters. The van der Waals surface area contributed by atoms with Gasteiger partial charge in [0.1, 0.15) is 0 Å². The average molecular weight is 295 g/mol. The molecular weight excluding hydrogens is 278 g/mol. The normalized spacial score (nSPS) is 10.9. The second kappa shape index (κ2) is 6.88. The number of nitrogens with one attached hydrogen (secondary N) is 1. The lowest BCUT2D eigenvalue weighted by Crippen LogP contribution is -1.91. The molecule has 4 nitrogen and oxygen atoms in total. The van der Waals surface area contributed by atoms with E-state index in [-0.39, 0.29) is 6.61 Å². The van der Waals surface area contributed by atoms with Crippen molar-refractivity contribution in [2.24, 2.45) is 0 Å². The smallest absolute Gasteiger partial charge is 0.210 e. The third-order valence-corrected chi connectivity index (χ3v) is 4.50. The number of hydrogen-bond donors (Lipinski definition) is 2. The van der Waals surface area contributed by atoms with E-state index in [9.17, 15) is 0 Å². The van der Waals surface area contributed by atoms with E-state index in [4.69, 9.17) is 5.11 Å². The standard InChI is InChI=1S/C13H17N3OS2/c1-9(2)10-3-5-11(6-4-10)14-12-15-16-13(19-12)18-8-7-17/h3-6,9,17H,7-8H2,1-2H3,(H,14,15). The molecule has 102 valence electrons. The van der Waals surface area contributed by atoms with Crippen LogP contribution in [0.4, 0.5) is 10.8 Å². The zero-order valence-corrected chi connectivity index (χ0v) is 12.6. The van der Waals surface area contributed by atoms with Crippen molar-refractivity contribution in [1.82, 2.24) is 10.2 Å². The van der Waals surface area contributed by atoms with Gasteiger partial charge in [-0.2, -0.15) is 0 Å². The first-order valence-corrected chi connectivity index (χ1v) is 7.93. The van der Waals surface area contributed by atoms with Crippen molar-refractivity contribution in [1.29, 1.82) is 0 Å². The molecule has 0 spiro atoms. The Kier molecular flexibility index (Phi) is 5.18. The van der Waals surface area contributed by atoms with Crippen LogP contribution in [0.1, 0.15) is 25.3 Å². The number of thioether (sulfide) groups is 1. The van der Waals surface area contributed by atoms with Crippen molar-refractivity contribution in [3.63, 3.8) is 0 Å². The summed E-state index contributed by atoms with van der Waals surface area (Å²) in [6.07, 6.45) is 0. The van der Waals surface area contributed by atoms with Crippen LogP contribution in [0.15, 0.2) is 28.6 Å². The van der Waals surface area contributed by atoms with Gasteiger partial charge in [-0.25, -0.2) is 0 Å². The molecule has 0 radical (unpaired) electrons. The van der Waals surface area contributed by atoms with E-state index in [1.807, 2.05) is 0 Å². The van der Waals surface area contributed by atoms with Crippen LogP contribution in [-0.2, 0) is 0 Å². The van der Waals surface area contributed by atoms with Gasteiger partial charge < -0.3 is 10.4 Å². The maximum absolute atomic E-state index is 8.76. The lowest BCUT2D eigenvalue weighted by atomic mass is 10.0. The molecule has 0 saturated heterocycles. The Labute approximate surface area is 121 Å². The number of benzene rings is 1. The molecule has 0 fully saturated rings. The second-order valence-corrected chi connectivity index (χ2v) is 6.67. The number of aliphatic hydroxyl groups excluding tert-OH is 1. The van der Waals surface area contributed by atoms with E-state index in [1.165, 1.54) is 28.7 Å². The van der Waals surface area contributed by atoms with Crippen molar-refractivity contribution in [2.75, 3.05) is 17.7 Å². The van der Waals surface area contributed by atoms with Gasteiger partial charge in [0.25, 0.3) is 0 Å². The molecule has 19 heavy (non-hydrogen) atoms. The number of hydrogen-bond acceptors (Lipinski definition) is 6. The number of aliphatic hydroxyl groups is 1. The lowest BCUT2D eigenvalue weighted by Gasteiger charge is -2.06. The van der Waals surface area contributed by atoms with Gasteiger partial charge in [-0.1, -0.05) is 49.1 Å². The van der Waals surface area contributed by atoms with Gasteiger partial charge in [-0.15, -0.1) is 10.2 Å². The van der Waals surface area contributed by atoms with Gasteiger partial charge >= 0.3 is 0 Å². The molecule has 2 N–H and O–H groups in total. The molecule has 1 heterocycles. The summed E-state index contributed by atoms with van der Waals surface area (Å²) in [5.74, 6) is 1.19. The zero-order chi connectivity index (χ0) is 13.7. The number of anilines is 2. The SMILES string of the molecule is CC(C)c1ccc(Nc2nnc(SCCO)s2)cc1. The molecule has 0 aliphatic heterocycles. The molecule has 6 heteroatoms. The van der Waals surface area contributed by atoms with Crippen LogP contribution in [0.25, 0.3) is 0 Å². The van der Waals surface area contributed by atoms with Crippen LogP contribution >= 0.6 is 23.1 Å². The summed E-state index contributed by atoms with van der Waals surface area (Å²) in [4.78, 5) is 0. The Morgan fingerprint density at radius 2 is 2.00 bits per heavy atom. The van der Waals surface area contributed by atoms with Gasteiger partial charge in [-0.05, 0) is 23.6 Å². The fraction of sp³-hybridized carbons (Fsp3) is 0.385. The largest absolute Gasteiger partial charge is 0.396 e. The molecule has 2 rings (SSSR count). The highest BCUT2D eigenvalue weighted by molar-refractivity contribution is 8.01. The van der Waals surface area contributed by atoms with Crippen LogP contribution in [0.2, 0.25) is 0 Å². The van der Waals surface area contributed by atoms with Crippen molar-refractivity contribution in [3.05, 3.63) is 29.8 Å². The summed E-state index contributed by atoms with van der Waals surface area (Å²) in [5, 5.41) is 20.9. The van der Waals surface area contributed by atoms with E-state index in [2.05, 4.69) is 53.6 Å². The monoisotopic (exact) mass is 295 g/mol. The summed E-state index contributed by atoms with van der Waals surface area (Å²) in [7, 11) is 0. The van der Waals surface area contributed by atoms with Crippen LogP contribution in [0.5, 0.6) is 0 Å². The molecule has 0 atom stereocenters. The van der Waals surface area contributed by atoms with Crippen LogP contribution in [0.3, 0.4) is 0 Å². The van der Waals surface area contributed by atoms with Crippen LogP contribution in [-0.4, -0.2) is 27.7 Å². The average Bonchev–Trinajstić information content (AvgIpc) is 2.84. The molecule has 0 bridgehead atoms. The van der Waals surface area contributed by atoms with E-state index in [0.717, 1.165) is 15.2 Å². The van der Waals surface area contributed by atoms with Crippen molar-refractivity contribution in [2.45, 2.75) is 24.1 Å². The summed E-state index contributed by atoms with van der Waals surface area (Å²) in [5.41, 5.74) is 2.33. The maximum Gasteiger partial charge on any atom is 0.210 e. The molecule has 0 amide bonds. The summed E-state index contributed by atoms with van der Waals surface area (Å²) < 4.78 is 0.871. The topological polar surface area (TPSA) is 58.0 Å². The highest BCUT2D eigenvalue weighted by atomic mass is 32.2. The van der Waals surface area contributed by atoms with Gasteiger partial charge in [-0.3, -0.25) is 0 Å². The van der Waals surface area contributed by atoms with Crippen LogP contribution in [0, 0.1) is 0 Å². The third kappa shape index (κ3) is 4.19. The zero-order valence-electron chi connectivity index (χ0n) is 11.0. The van der Waals surface area contributed by atoms with E-state index >= 15 is 0 Å². The minimum Gasteiger partial charge on any atom is -0.396 e. The third-order valence-electron chi connectivity index (χ3n) is 2.55. The van der Waals surface area contributed by atoms with Crippen molar-refractivity contribution >= 4 is 33.9 Å². The van der Waals surface area contributed by atoms with Gasteiger partial charge in [0.2, 0.25) is 5.13 Å². The Balaban J connectivity index is 1.98. The van der Waals surface area contributed by atoms with Crippen molar-refractivity contribution < 1.29 is 5.11 Å². The predicted molar refractivity (Wildman–Crippen MR) is 81.5 cm³/mol. The Morgan fingerprint density at radius 1 is 1.26 bits per heavy atom. The first-order valence-electron chi connectivity index (χ1n) is 6.13. The number of nitrogens with zero attached hydrogens (tertiary/aromatic N) is 2. The van der Waals surface area contributed by atoms with Gasteiger partial charge in [0, 0.05) is 11.4 Å². The Hall–Kier alpha value is -1.11. The molecule has 2 aromatic rings. The molecule has 0 aliphatic carbocycles. The number of aromatic nitrogens is 2. The summed E-state index contributed by atoms with van der Waals surface area (Å²) in [6.45, 7) is 4.51. The highest BCUT2D eigenvalue weighted by Gasteiger charge is 2.05. The maximum atomic E-state index is 8.76. The lowest BCUT2D eigenvalue weighted by molar-refractivity contribution is 0.322. The predicted octanol–water partition coefficient (Wildman–Crippen LogP) is 3.49. The quantitative estimate of drug-likeness (QED) is 0.799. The van der Waals surface area contributed by atoms with E-state index in [0.29, 0.717) is 11.7 Å². The molecule has 0 aliphatic rings. The fourth-order valence-corrected chi connectivity index (χ4v) is 3.11. The molecule has 1 aromatic carbocycles. The minimum absolute atomic E-state index is 0.156. The summed E-state index contributed by atoms with van der Waals surface area (Å²) >= 11 is 3.01. The molecule has 0 saturated carbocycles. The number of rotatable bonds is 6. The van der Waals surface area contributed by atoms with E-state index < -0.39 is 0 Å². The minimum atomic E-state index is 0.156. The Bertz CT molecular complexity index is 511. The fourth-order valence-electron chi connectivity index (χ4n) is 1.53. The van der Waals surface area contributed by atoms with E-state index in [1.54, 1.807) is 0 Å². The highest BCUT2D eigenvalue weighted by Crippen LogP contribution is 2.27. The second-order valence-electron chi connectivity index (χ2n) is 4.35. The first kappa shape index (κ1) is 14.3. The van der Waals surface area contributed by atoms with Crippen molar-refractivity contribution in [3.8, 4) is 0 Å². The molecule has 1 aromatic heterocycles. The summed E-state index contributed by atoms with van der Waals surface area (Å²) in [6, 6.07) is 8.35. The van der Waals surface area contributed by atoms with Gasteiger partial charge in [0.05, 0.1) is 6.61 Å². The first-order chi connectivity index (χ1) is 9.19. The van der Waals surface area contributed by atoms with Crippen LogP contribution < -0.4 is 5.32 Å². The molecular formula is C13H17N3OS2. The Morgan fingerprint density at radius 3 is 2.63 bits per heavy atom.